The molecule has 5 heteroatoms. The van der Waals surface area contributed by atoms with Crippen molar-refractivity contribution in [2.45, 2.75) is 46.0 Å². The summed E-state index contributed by atoms with van der Waals surface area (Å²) in [5.41, 5.74) is 2.43. The van der Waals surface area contributed by atoms with Crippen molar-refractivity contribution in [3.05, 3.63) is 23.8 Å². The monoisotopic (exact) mass is 343 g/mol. The van der Waals surface area contributed by atoms with E-state index >= 15 is 0 Å². The van der Waals surface area contributed by atoms with Gasteiger partial charge >= 0.3 is 0 Å². The number of amides is 2. The van der Waals surface area contributed by atoms with Gasteiger partial charge in [0.25, 0.3) is 5.91 Å². The molecule has 0 saturated carbocycles. The Labute approximate surface area is 150 Å². The zero-order chi connectivity index (χ0) is 17.8. The summed E-state index contributed by atoms with van der Waals surface area (Å²) in [5, 5.41) is 2.81. The molecule has 136 valence electrons. The number of piperidine rings is 2. The SMILES string of the molecule is CC(=O)Nc1ccc(N2CCCCC2)c(C(=O)N2CCC(C)CC2)c1. The number of anilines is 2. The van der Waals surface area contributed by atoms with Crippen molar-refractivity contribution in [1.29, 1.82) is 0 Å². The maximum Gasteiger partial charge on any atom is 0.256 e. The summed E-state index contributed by atoms with van der Waals surface area (Å²) in [7, 11) is 0. The first-order valence-corrected chi connectivity index (χ1v) is 9.50. The Morgan fingerprint density at radius 1 is 1.04 bits per heavy atom. The van der Waals surface area contributed by atoms with Crippen molar-refractivity contribution < 1.29 is 9.59 Å². The molecule has 2 saturated heterocycles. The molecule has 1 aromatic carbocycles. The Kier molecular flexibility index (Phi) is 5.61. The molecule has 0 unspecified atom stereocenters. The van der Waals surface area contributed by atoms with E-state index in [4.69, 9.17) is 0 Å². The van der Waals surface area contributed by atoms with Gasteiger partial charge in [-0.2, -0.15) is 0 Å². The minimum Gasteiger partial charge on any atom is -0.371 e. The molecular formula is C20H29N3O2. The summed E-state index contributed by atoms with van der Waals surface area (Å²) < 4.78 is 0. The van der Waals surface area contributed by atoms with Crippen LogP contribution in [0.1, 0.15) is 56.3 Å². The normalized spacial score (nSPS) is 19.0. The number of nitrogens with zero attached hydrogens (tertiary/aromatic N) is 2. The van der Waals surface area contributed by atoms with Crippen LogP contribution >= 0.6 is 0 Å². The molecule has 2 heterocycles. The largest absolute Gasteiger partial charge is 0.371 e. The second kappa shape index (κ2) is 7.89. The Bertz CT molecular complexity index is 630. The van der Waals surface area contributed by atoms with Crippen molar-refractivity contribution >= 4 is 23.2 Å². The zero-order valence-electron chi connectivity index (χ0n) is 15.4. The molecule has 5 nitrogen and oxygen atoms in total. The number of hydrogen-bond donors (Lipinski definition) is 1. The van der Waals surface area contributed by atoms with E-state index in [1.54, 1.807) is 0 Å². The van der Waals surface area contributed by atoms with Crippen LogP contribution in [0.25, 0.3) is 0 Å². The fourth-order valence-corrected chi connectivity index (χ4v) is 3.78. The number of rotatable bonds is 3. The first kappa shape index (κ1) is 17.8. The molecule has 2 fully saturated rings. The highest BCUT2D eigenvalue weighted by molar-refractivity contribution is 6.02. The lowest BCUT2D eigenvalue weighted by Crippen LogP contribution is -2.39. The number of benzene rings is 1. The van der Waals surface area contributed by atoms with Crippen LogP contribution < -0.4 is 10.2 Å². The van der Waals surface area contributed by atoms with Gasteiger partial charge in [0.05, 0.1) is 5.56 Å². The molecule has 0 aliphatic carbocycles. The molecule has 2 aliphatic rings. The Morgan fingerprint density at radius 3 is 2.36 bits per heavy atom. The number of nitrogens with one attached hydrogen (secondary N) is 1. The van der Waals surface area contributed by atoms with Crippen molar-refractivity contribution in [2.75, 3.05) is 36.4 Å². The van der Waals surface area contributed by atoms with Crippen molar-refractivity contribution in [3.63, 3.8) is 0 Å². The maximum atomic E-state index is 13.2. The molecular weight excluding hydrogens is 314 g/mol. The topological polar surface area (TPSA) is 52.7 Å². The predicted octanol–water partition coefficient (Wildman–Crippen LogP) is 3.51. The number of carbonyl (C=O) groups excluding carboxylic acids is 2. The lowest BCUT2D eigenvalue weighted by atomic mass is 9.98. The van der Waals surface area contributed by atoms with Gasteiger partial charge in [0.2, 0.25) is 5.91 Å². The second-order valence-electron chi connectivity index (χ2n) is 7.44. The van der Waals surface area contributed by atoms with Gasteiger partial charge in [-0.15, -0.1) is 0 Å². The first-order valence-electron chi connectivity index (χ1n) is 9.50. The molecule has 1 N–H and O–H groups in total. The molecule has 2 amide bonds. The highest BCUT2D eigenvalue weighted by Crippen LogP contribution is 2.29. The van der Waals surface area contributed by atoms with Crippen molar-refractivity contribution in [1.82, 2.24) is 4.90 Å². The van der Waals surface area contributed by atoms with Gasteiger partial charge in [0.1, 0.15) is 0 Å². The third-order valence-electron chi connectivity index (χ3n) is 5.31. The van der Waals surface area contributed by atoms with E-state index in [0.29, 0.717) is 11.6 Å². The number of hydrogen-bond acceptors (Lipinski definition) is 3. The predicted molar refractivity (Wildman–Crippen MR) is 101 cm³/mol. The van der Waals surface area contributed by atoms with E-state index in [1.807, 2.05) is 23.1 Å². The number of carbonyl (C=O) groups is 2. The van der Waals surface area contributed by atoms with Gasteiger partial charge in [0.15, 0.2) is 0 Å². The summed E-state index contributed by atoms with van der Waals surface area (Å²) in [4.78, 5) is 28.9. The van der Waals surface area contributed by atoms with Crippen LogP contribution in [0.5, 0.6) is 0 Å². The zero-order valence-corrected chi connectivity index (χ0v) is 15.4. The summed E-state index contributed by atoms with van der Waals surface area (Å²) in [6, 6.07) is 5.75. The van der Waals surface area contributed by atoms with Crippen LogP contribution in [0.2, 0.25) is 0 Å². The highest BCUT2D eigenvalue weighted by Gasteiger charge is 2.26. The lowest BCUT2D eigenvalue weighted by molar-refractivity contribution is -0.114. The Hall–Kier alpha value is -2.04. The van der Waals surface area contributed by atoms with Gasteiger partial charge in [-0.3, -0.25) is 9.59 Å². The van der Waals surface area contributed by atoms with Crippen LogP contribution in [0.15, 0.2) is 18.2 Å². The third kappa shape index (κ3) is 4.33. The number of likely N-dealkylation sites (tertiary alicyclic amines) is 1. The van der Waals surface area contributed by atoms with Crippen LogP contribution in [0.4, 0.5) is 11.4 Å². The van der Waals surface area contributed by atoms with Crippen LogP contribution in [-0.4, -0.2) is 42.9 Å². The first-order chi connectivity index (χ1) is 12.0. The summed E-state index contributed by atoms with van der Waals surface area (Å²) >= 11 is 0. The van der Waals surface area contributed by atoms with Gasteiger partial charge in [-0.25, -0.2) is 0 Å². The fraction of sp³-hybridized carbons (Fsp3) is 0.600. The molecule has 0 atom stereocenters. The van der Waals surface area contributed by atoms with Gasteiger partial charge in [-0.05, 0) is 56.2 Å². The summed E-state index contributed by atoms with van der Waals surface area (Å²) in [6.07, 6.45) is 5.73. The summed E-state index contributed by atoms with van der Waals surface area (Å²) in [5.74, 6) is 0.673. The summed E-state index contributed by atoms with van der Waals surface area (Å²) in [6.45, 7) is 7.38. The Morgan fingerprint density at radius 2 is 1.72 bits per heavy atom. The van der Waals surface area contributed by atoms with E-state index in [0.717, 1.165) is 50.3 Å². The molecule has 25 heavy (non-hydrogen) atoms. The van der Waals surface area contributed by atoms with Crippen molar-refractivity contribution in [2.24, 2.45) is 5.92 Å². The molecule has 2 aliphatic heterocycles. The molecule has 0 radical (unpaired) electrons. The van der Waals surface area contributed by atoms with E-state index in [9.17, 15) is 9.59 Å². The lowest BCUT2D eigenvalue weighted by Gasteiger charge is -2.34. The second-order valence-corrected chi connectivity index (χ2v) is 7.44. The van der Waals surface area contributed by atoms with Gasteiger partial charge in [-0.1, -0.05) is 6.92 Å². The van der Waals surface area contributed by atoms with E-state index in [1.165, 1.54) is 26.2 Å². The minimum atomic E-state index is -0.115. The van der Waals surface area contributed by atoms with Crippen molar-refractivity contribution in [3.8, 4) is 0 Å². The highest BCUT2D eigenvalue weighted by atomic mass is 16.2. The van der Waals surface area contributed by atoms with Crippen LogP contribution in [0.3, 0.4) is 0 Å². The van der Waals surface area contributed by atoms with E-state index in [2.05, 4.69) is 17.1 Å². The quantitative estimate of drug-likeness (QED) is 0.914. The third-order valence-corrected chi connectivity index (χ3v) is 5.31. The van der Waals surface area contributed by atoms with Crippen LogP contribution in [-0.2, 0) is 4.79 Å². The standard InChI is InChI=1S/C20H29N3O2/c1-15-8-12-23(13-9-15)20(25)18-14-17(21-16(2)24)6-7-19(18)22-10-4-3-5-11-22/h6-7,14-15H,3-5,8-13H2,1-2H3,(H,21,24). The van der Waals surface area contributed by atoms with Gasteiger partial charge in [0, 0.05) is 44.5 Å². The average Bonchev–Trinajstić information content (AvgIpc) is 2.62. The van der Waals surface area contributed by atoms with Crippen LogP contribution in [0, 0.1) is 5.92 Å². The molecule has 1 aromatic rings. The minimum absolute atomic E-state index is 0.0969. The fourth-order valence-electron chi connectivity index (χ4n) is 3.78. The van der Waals surface area contributed by atoms with E-state index in [-0.39, 0.29) is 11.8 Å². The maximum absolute atomic E-state index is 13.2. The Balaban J connectivity index is 1.89. The molecule has 3 rings (SSSR count). The molecule has 0 spiro atoms. The molecule has 0 aromatic heterocycles. The van der Waals surface area contributed by atoms with Gasteiger partial charge < -0.3 is 15.1 Å². The van der Waals surface area contributed by atoms with E-state index < -0.39 is 0 Å². The molecule has 0 bridgehead atoms. The average molecular weight is 343 g/mol. The smallest absolute Gasteiger partial charge is 0.256 e.